The molecule has 88 valence electrons. The van der Waals surface area contributed by atoms with Gasteiger partial charge in [-0.1, -0.05) is 0 Å². The topological polar surface area (TPSA) is 101 Å². The highest BCUT2D eigenvalue weighted by Crippen LogP contribution is 2.09. The molecule has 2 rings (SSSR count). The fourth-order valence-electron chi connectivity index (χ4n) is 1.47. The van der Waals surface area contributed by atoms with Crippen LogP contribution in [0.15, 0.2) is 17.1 Å². The summed E-state index contributed by atoms with van der Waals surface area (Å²) in [7, 11) is 0. The average Bonchev–Trinajstić information content (AvgIpc) is 2.59. The Morgan fingerprint density at radius 2 is 2.18 bits per heavy atom. The second kappa shape index (κ2) is 3.85. The van der Waals surface area contributed by atoms with Gasteiger partial charge in [-0.2, -0.15) is 5.10 Å². The van der Waals surface area contributed by atoms with E-state index in [1.54, 1.807) is 13.8 Å². The van der Waals surface area contributed by atoms with E-state index in [1.807, 2.05) is 0 Å². The number of rotatable bonds is 2. The van der Waals surface area contributed by atoms with E-state index in [4.69, 9.17) is 5.11 Å². The zero-order valence-corrected chi connectivity index (χ0v) is 9.26. The van der Waals surface area contributed by atoms with Gasteiger partial charge in [0.1, 0.15) is 11.4 Å². The predicted octanol–water partition coefficient (Wildman–Crippen LogP) is 0.271. The molecule has 0 saturated carbocycles. The van der Waals surface area contributed by atoms with Gasteiger partial charge in [-0.25, -0.2) is 14.5 Å². The number of carbonyl (C=O) groups is 1. The number of H-pyrrole nitrogens is 1. The van der Waals surface area contributed by atoms with Crippen LogP contribution in [0.1, 0.15) is 21.9 Å². The van der Waals surface area contributed by atoms with Crippen LogP contribution in [-0.4, -0.2) is 30.8 Å². The van der Waals surface area contributed by atoms with E-state index in [9.17, 15) is 9.59 Å². The molecule has 0 aliphatic rings. The zero-order valence-electron chi connectivity index (χ0n) is 9.26. The van der Waals surface area contributed by atoms with Crippen molar-refractivity contribution < 1.29 is 9.90 Å². The van der Waals surface area contributed by atoms with Crippen molar-refractivity contribution in [2.45, 2.75) is 13.8 Å². The molecule has 2 N–H and O–H groups in total. The van der Waals surface area contributed by atoms with Gasteiger partial charge in [0.25, 0.3) is 5.56 Å². The third kappa shape index (κ3) is 2.07. The average molecular weight is 234 g/mol. The Bertz CT molecular complexity index is 641. The minimum atomic E-state index is -1.06. The van der Waals surface area contributed by atoms with Crippen molar-refractivity contribution in [3.8, 4) is 5.82 Å². The second-order valence-electron chi connectivity index (χ2n) is 3.57. The summed E-state index contributed by atoms with van der Waals surface area (Å²) in [5, 5.41) is 12.9. The first-order chi connectivity index (χ1) is 7.97. The van der Waals surface area contributed by atoms with Gasteiger partial charge in [0.2, 0.25) is 0 Å². The van der Waals surface area contributed by atoms with Crippen LogP contribution >= 0.6 is 0 Å². The van der Waals surface area contributed by atoms with Crippen molar-refractivity contribution in [1.29, 1.82) is 0 Å². The van der Waals surface area contributed by atoms with Crippen LogP contribution in [0.2, 0.25) is 0 Å². The van der Waals surface area contributed by atoms with E-state index in [-0.39, 0.29) is 11.1 Å². The molecule has 0 aliphatic carbocycles. The fourth-order valence-corrected chi connectivity index (χ4v) is 1.47. The number of hydrogen-bond donors (Lipinski definition) is 2. The van der Waals surface area contributed by atoms with Crippen molar-refractivity contribution in [3.63, 3.8) is 0 Å². The van der Waals surface area contributed by atoms with Crippen molar-refractivity contribution in [2.24, 2.45) is 0 Å². The molecule has 0 bridgehead atoms. The molecular formula is C10H10N4O3. The van der Waals surface area contributed by atoms with Crippen molar-refractivity contribution in [1.82, 2.24) is 19.7 Å². The Morgan fingerprint density at radius 3 is 2.71 bits per heavy atom. The third-order valence-electron chi connectivity index (χ3n) is 2.21. The van der Waals surface area contributed by atoms with Crippen molar-refractivity contribution in [2.75, 3.05) is 0 Å². The first-order valence-corrected chi connectivity index (χ1v) is 4.85. The van der Waals surface area contributed by atoms with Gasteiger partial charge in [0.05, 0.1) is 5.69 Å². The van der Waals surface area contributed by atoms with Crippen LogP contribution in [-0.2, 0) is 0 Å². The molecule has 17 heavy (non-hydrogen) atoms. The first kappa shape index (κ1) is 11.1. The van der Waals surface area contributed by atoms with Gasteiger partial charge in [-0.3, -0.25) is 4.79 Å². The molecule has 0 saturated heterocycles. The van der Waals surface area contributed by atoms with Gasteiger partial charge >= 0.3 is 5.97 Å². The van der Waals surface area contributed by atoms with Crippen molar-refractivity contribution in [3.05, 3.63) is 39.7 Å². The SMILES string of the molecule is Cc1nc(-n2cc(C(=O)O)c(C)n2)cc(=O)[nH]1. The molecule has 2 heterocycles. The normalized spacial score (nSPS) is 10.5. The maximum Gasteiger partial charge on any atom is 0.339 e. The molecule has 0 aromatic carbocycles. The summed E-state index contributed by atoms with van der Waals surface area (Å²) >= 11 is 0. The predicted molar refractivity (Wildman–Crippen MR) is 58.4 cm³/mol. The number of hydrogen-bond acceptors (Lipinski definition) is 4. The summed E-state index contributed by atoms with van der Waals surface area (Å²) < 4.78 is 1.28. The van der Waals surface area contributed by atoms with Crippen LogP contribution in [0.4, 0.5) is 0 Å². The number of aromatic nitrogens is 4. The van der Waals surface area contributed by atoms with E-state index in [0.29, 0.717) is 17.3 Å². The van der Waals surface area contributed by atoms with E-state index in [1.165, 1.54) is 16.9 Å². The molecule has 0 aliphatic heterocycles. The van der Waals surface area contributed by atoms with Gasteiger partial charge in [-0.05, 0) is 13.8 Å². The van der Waals surface area contributed by atoms with E-state index < -0.39 is 5.97 Å². The molecule has 0 atom stereocenters. The fraction of sp³-hybridized carbons (Fsp3) is 0.200. The Balaban J connectivity index is 2.57. The second-order valence-corrected chi connectivity index (χ2v) is 3.57. The lowest BCUT2D eigenvalue weighted by Gasteiger charge is -1.99. The highest BCUT2D eigenvalue weighted by molar-refractivity contribution is 5.88. The molecule has 7 nitrogen and oxygen atoms in total. The number of aryl methyl sites for hydroxylation is 2. The van der Waals surface area contributed by atoms with E-state index in [2.05, 4.69) is 15.1 Å². The lowest BCUT2D eigenvalue weighted by molar-refractivity contribution is 0.0696. The Morgan fingerprint density at radius 1 is 1.47 bits per heavy atom. The summed E-state index contributed by atoms with van der Waals surface area (Å²) in [5.74, 6) is -0.324. The molecule has 0 spiro atoms. The van der Waals surface area contributed by atoms with Crippen LogP contribution in [0.5, 0.6) is 0 Å². The monoisotopic (exact) mass is 234 g/mol. The third-order valence-corrected chi connectivity index (χ3v) is 2.21. The molecule has 0 amide bonds. The van der Waals surface area contributed by atoms with E-state index in [0.717, 1.165) is 0 Å². The minimum absolute atomic E-state index is 0.0877. The number of carboxylic acids is 1. The summed E-state index contributed by atoms with van der Waals surface area (Å²) in [5.41, 5.74) is 0.152. The van der Waals surface area contributed by atoms with Crippen LogP contribution in [0.3, 0.4) is 0 Å². The molecule has 0 unspecified atom stereocenters. The van der Waals surface area contributed by atoms with E-state index >= 15 is 0 Å². The molecule has 7 heteroatoms. The number of aromatic amines is 1. The minimum Gasteiger partial charge on any atom is -0.478 e. The number of aromatic carboxylic acids is 1. The Hall–Kier alpha value is -2.44. The molecule has 0 radical (unpaired) electrons. The quantitative estimate of drug-likeness (QED) is 0.776. The lowest BCUT2D eigenvalue weighted by Crippen LogP contribution is -2.12. The van der Waals surface area contributed by atoms with Gasteiger partial charge in [-0.15, -0.1) is 0 Å². The maximum absolute atomic E-state index is 11.3. The summed E-state index contributed by atoms with van der Waals surface area (Å²) in [6, 6.07) is 1.26. The van der Waals surface area contributed by atoms with Crippen LogP contribution in [0, 0.1) is 13.8 Å². The Kier molecular flexibility index (Phi) is 2.51. The molecule has 2 aromatic heterocycles. The van der Waals surface area contributed by atoms with Gasteiger partial charge < -0.3 is 10.1 Å². The van der Waals surface area contributed by atoms with Gasteiger partial charge in [0.15, 0.2) is 5.82 Å². The lowest BCUT2D eigenvalue weighted by atomic mass is 10.3. The van der Waals surface area contributed by atoms with Crippen molar-refractivity contribution >= 4 is 5.97 Å². The molecule has 2 aromatic rings. The van der Waals surface area contributed by atoms with Gasteiger partial charge in [0, 0.05) is 12.3 Å². The number of nitrogens with one attached hydrogen (secondary N) is 1. The van der Waals surface area contributed by atoms with Crippen LogP contribution < -0.4 is 5.56 Å². The highest BCUT2D eigenvalue weighted by Gasteiger charge is 2.13. The molecular weight excluding hydrogens is 224 g/mol. The largest absolute Gasteiger partial charge is 0.478 e. The summed E-state index contributed by atoms with van der Waals surface area (Å²) in [4.78, 5) is 28.7. The standard InChI is InChI=1S/C10H10N4O3/c1-5-7(10(16)17)4-14(13-5)8-3-9(15)12-6(2)11-8/h3-4H,1-2H3,(H,16,17)(H,11,12,15). The first-order valence-electron chi connectivity index (χ1n) is 4.85. The smallest absolute Gasteiger partial charge is 0.339 e. The number of nitrogens with zero attached hydrogens (tertiary/aromatic N) is 3. The molecule has 0 fully saturated rings. The zero-order chi connectivity index (χ0) is 12.6. The highest BCUT2D eigenvalue weighted by atomic mass is 16.4. The summed E-state index contributed by atoms with van der Waals surface area (Å²) in [6.07, 6.45) is 1.33. The Labute approximate surface area is 95.7 Å². The number of carboxylic acid groups (broad SMARTS) is 1. The summed E-state index contributed by atoms with van der Waals surface area (Å²) in [6.45, 7) is 3.22. The van der Waals surface area contributed by atoms with Crippen LogP contribution in [0.25, 0.3) is 5.82 Å². The maximum atomic E-state index is 11.3.